The topological polar surface area (TPSA) is 87.7 Å². The summed E-state index contributed by atoms with van der Waals surface area (Å²) in [6.45, 7) is -2.02. The third-order valence-corrected chi connectivity index (χ3v) is 1.38. The number of nitrogens with one attached hydrogen (secondary N) is 2. The molecule has 94 valence electrons. The molecule has 0 spiro atoms. The van der Waals surface area contributed by atoms with Crippen LogP contribution >= 0.6 is 0 Å². The SMILES string of the molecule is COC(=O)C(O)CNC(=O)NCC(F)(F)F. The van der Waals surface area contributed by atoms with E-state index in [1.165, 1.54) is 5.32 Å². The van der Waals surface area contributed by atoms with Gasteiger partial charge in [-0.2, -0.15) is 13.2 Å². The van der Waals surface area contributed by atoms with Crippen molar-refractivity contribution in [1.82, 2.24) is 10.6 Å². The van der Waals surface area contributed by atoms with Crippen molar-refractivity contribution in [3.05, 3.63) is 0 Å². The summed E-state index contributed by atoms with van der Waals surface area (Å²) >= 11 is 0. The average molecular weight is 244 g/mol. The molecule has 16 heavy (non-hydrogen) atoms. The lowest BCUT2D eigenvalue weighted by atomic mass is 10.3. The van der Waals surface area contributed by atoms with E-state index < -0.39 is 37.4 Å². The quantitative estimate of drug-likeness (QED) is 0.575. The molecule has 0 aliphatic rings. The summed E-state index contributed by atoms with van der Waals surface area (Å²) in [6, 6.07) is -1.14. The number of halogens is 3. The van der Waals surface area contributed by atoms with Gasteiger partial charge in [-0.15, -0.1) is 0 Å². The second-order valence-electron chi connectivity index (χ2n) is 2.72. The van der Waals surface area contributed by atoms with Crippen LogP contribution in [0, 0.1) is 0 Å². The summed E-state index contributed by atoms with van der Waals surface area (Å²) in [6.07, 6.45) is -6.13. The summed E-state index contributed by atoms with van der Waals surface area (Å²) in [7, 11) is 1.02. The number of aliphatic hydroxyl groups is 1. The van der Waals surface area contributed by atoms with E-state index in [1.807, 2.05) is 5.32 Å². The zero-order valence-electron chi connectivity index (χ0n) is 8.30. The highest BCUT2D eigenvalue weighted by atomic mass is 19.4. The van der Waals surface area contributed by atoms with Gasteiger partial charge in [0.1, 0.15) is 6.54 Å². The van der Waals surface area contributed by atoms with Gasteiger partial charge in [-0.1, -0.05) is 0 Å². The van der Waals surface area contributed by atoms with Gasteiger partial charge < -0.3 is 20.5 Å². The minimum Gasteiger partial charge on any atom is -0.467 e. The minimum atomic E-state index is -4.52. The summed E-state index contributed by atoms with van der Waals surface area (Å²) in [5, 5.41) is 12.3. The van der Waals surface area contributed by atoms with Crippen LogP contribution in [0.25, 0.3) is 0 Å². The Bertz CT molecular complexity index is 257. The number of ether oxygens (including phenoxy) is 1. The lowest BCUT2D eigenvalue weighted by molar-refractivity contribution is -0.150. The van der Waals surface area contributed by atoms with Gasteiger partial charge in [-0.3, -0.25) is 0 Å². The van der Waals surface area contributed by atoms with E-state index in [1.54, 1.807) is 0 Å². The van der Waals surface area contributed by atoms with Gasteiger partial charge in [0, 0.05) is 0 Å². The molecule has 1 atom stereocenters. The Hall–Kier alpha value is -1.51. The number of hydrogen-bond donors (Lipinski definition) is 3. The van der Waals surface area contributed by atoms with Crippen LogP contribution in [0.2, 0.25) is 0 Å². The average Bonchev–Trinajstić information content (AvgIpc) is 2.20. The Labute approximate surface area is 88.8 Å². The predicted molar refractivity (Wildman–Crippen MR) is 45.5 cm³/mol. The lowest BCUT2D eigenvalue weighted by Crippen LogP contribution is -2.45. The number of rotatable bonds is 4. The zero-order valence-corrected chi connectivity index (χ0v) is 8.30. The first-order valence-electron chi connectivity index (χ1n) is 4.10. The fourth-order valence-electron chi connectivity index (χ4n) is 0.652. The van der Waals surface area contributed by atoms with Crippen LogP contribution in [-0.4, -0.2) is 49.6 Å². The number of carbonyl (C=O) groups excluding carboxylic acids is 2. The van der Waals surface area contributed by atoms with Crippen molar-refractivity contribution in [2.45, 2.75) is 12.3 Å². The highest BCUT2D eigenvalue weighted by Crippen LogP contribution is 2.11. The molecular formula is C7H11F3N2O4. The fraction of sp³-hybridized carbons (Fsp3) is 0.714. The molecule has 0 bridgehead atoms. The first kappa shape index (κ1) is 14.5. The summed E-state index contributed by atoms with van der Waals surface area (Å²) in [4.78, 5) is 21.3. The number of urea groups is 1. The minimum absolute atomic E-state index is 0.531. The molecule has 1 unspecified atom stereocenters. The van der Waals surface area contributed by atoms with Crippen molar-refractivity contribution in [1.29, 1.82) is 0 Å². The molecule has 6 nitrogen and oxygen atoms in total. The third-order valence-electron chi connectivity index (χ3n) is 1.38. The maximum absolute atomic E-state index is 11.6. The maximum Gasteiger partial charge on any atom is 0.405 e. The molecule has 9 heteroatoms. The predicted octanol–water partition coefficient (Wildman–Crippen LogP) is -0.618. The van der Waals surface area contributed by atoms with Gasteiger partial charge in [0.25, 0.3) is 0 Å². The molecule has 2 amide bonds. The number of carbonyl (C=O) groups is 2. The fourth-order valence-corrected chi connectivity index (χ4v) is 0.652. The van der Waals surface area contributed by atoms with Crippen LogP contribution in [0.15, 0.2) is 0 Å². The number of alkyl halides is 3. The summed E-state index contributed by atoms with van der Waals surface area (Å²) < 4.78 is 39.0. The van der Waals surface area contributed by atoms with Crippen LogP contribution < -0.4 is 10.6 Å². The summed E-state index contributed by atoms with van der Waals surface area (Å²) in [5.74, 6) is -0.990. The molecule has 0 radical (unpaired) electrons. The van der Waals surface area contributed by atoms with Crippen molar-refractivity contribution >= 4 is 12.0 Å². The number of methoxy groups -OCH3 is 1. The highest BCUT2D eigenvalue weighted by Gasteiger charge is 2.27. The molecule has 0 fully saturated rings. The number of amides is 2. The molecule has 0 rings (SSSR count). The van der Waals surface area contributed by atoms with Gasteiger partial charge >= 0.3 is 18.2 Å². The van der Waals surface area contributed by atoms with Crippen LogP contribution in [-0.2, 0) is 9.53 Å². The lowest BCUT2D eigenvalue weighted by Gasteiger charge is -2.11. The van der Waals surface area contributed by atoms with Gasteiger partial charge in [0.2, 0.25) is 0 Å². The van der Waals surface area contributed by atoms with Crippen molar-refractivity contribution in [3.63, 3.8) is 0 Å². The number of aliphatic hydroxyl groups excluding tert-OH is 1. The Balaban J connectivity index is 3.78. The first-order chi connectivity index (χ1) is 7.26. The Kier molecular flexibility index (Phi) is 5.57. The van der Waals surface area contributed by atoms with Crippen molar-refractivity contribution in [2.24, 2.45) is 0 Å². The van der Waals surface area contributed by atoms with Gasteiger partial charge in [-0.05, 0) is 0 Å². The van der Waals surface area contributed by atoms with Crippen LogP contribution in [0.4, 0.5) is 18.0 Å². The van der Waals surface area contributed by atoms with Gasteiger partial charge in [-0.25, -0.2) is 9.59 Å². The second kappa shape index (κ2) is 6.16. The molecule has 0 saturated carbocycles. The van der Waals surface area contributed by atoms with E-state index in [9.17, 15) is 22.8 Å². The Morgan fingerprint density at radius 1 is 1.38 bits per heavy atom. The van der Waals surface area contributed by atoms with Crippen LogP contribution in [0.5, 0.6) is 0 Å². The largest absolute Gasteiger partial charge is 0.467 e. The van der Waals surface area contributed by atoms with E-state index >= 15 is 0 Å². The van der Waals surface area contributed by atoms with Crippen molar-refractivity contribution in [3.8, 4) is 0 Å². The van der Waals surface area contributed by atoms with E-state index in [-0.39, 0.29) is 0 Å². The molecule has 0 heterocycles. The van der Waals surface area contributed by atoms with Crippen LogP contribution in [0.1, 0.15) is 0 Å². The third kappa shape index (κ3) is 6.87. The van der Waals surface area contributed by atoms with Gasteiger partial charge in [0.15, 0.2) is 6.10 Å². The smallest absolute Gasteiger partial charge is 0.405 e. The highest BCUT2D eigenvalue weighted by molar-refractivity contribution is 5.77. The molecule has 0 aromatic rings. The van der Waals surface area contributed by atoms with E-state index in [2.05, 4.69) is 4.74 Å². The molecule has 0 aliphatic carbocycles. The molecule has 0 aromatic heterocycles. The Morgan fingerprint density at radius 2 is 1.94 bits per heavy atom. The van der Waals surface area contributed by atoms with Crippen molar-refractivity contribution < 1.29 is 32.6 Å². The van der Waals surface area contributed by atoms with Gasteiger partial charge in [0.05, 0.1) is 13.7 Å². The van der Waals surface area contributed by atoms with Crippen molar-refractivity contribution in [2.75, 3.05) is 20.2 Å². The molecule has 0 aromatic carbocycles. The number of hydrogen-bond acceptors (Lipinski definition) is 4. The van der Waals surface area contributed by atoms with E-state index in [4.69, 9.17) is 5.11 Å². The second-order valence-corrected chi connectivity index (χ2v) is 2.72. The summed E-state index contributed by atoms with van der Waals surface area (Å²) in [5.41, 5.74) is 0. The van der Waals surface area contributed by atoms with E-state index in [0.29, 0.717) is 0 Å². The standard InChI is InChI=1S/C7H11F3N2O4/c1-16-5(14)4(13)2-11-6(15)12-3-7(8,9)10/h4,13H,2-3H2,1H3,(H2,11,12,15). The molecule has 0 aliphatic heterocycles. The molecule has 3 N–H and O–H groups in total. The van der Waals surface area contributed by atoms with Crippen LogP contribution in [0.3, 0.4) is 0 Å². The monoisotopic (exact) mass is 244 g/mol. The zero-order chi connectivity index (χ0) is 12.8. The van der Waals surface area contributed by atoms with E-state index in [0.717, 1.165) is 7.11 Å². The number of esters is 1. The molecule has 0 saturated heterocycles. The normalized spacial score (nSPS) is 12.8. The maximum atomic E-state index is 11.6. The molecular weight excluding hydrogens is 233 g/mol. The Morgan fingerprint density at radius 3 is 2.38 bits per heavy atom. The first-order valence-corrected chi connectivity index (χ1v) is 4.10.